The molecule has 0 aliphatic heterocycles. The van der Waals surface area contributed by atoms with Crippen molar-refractivity contribution in [2.24, 2.45) is 0 Å². The van der Waals surface area contributed by atoms with Gasteiger partial charge >= 0.3 is 5.97 Å². The monoisotopic (exact) mass is 263 g/mol. The van der Waals surface area contributed by atoms with Crippen LogP contribution >= 0.6 is 11.5 Å². The average Bonchev–Trinajstić information content (AvgIpc) is 2.90. The molecule has 0 aliphatic rings. The highest BCUT2D eigenvalue weighted by atomic mass is 32.1. The van der Waals surface area contributed by atoms with Crippen LogP contribution < -0.4 is 5.32 Å². The first-order valence-electron chi connectivity index (χ1n) is 5.04. The van der Waals surface area contributed by atoms with Gasteiger partial charge in [0.1, 0.15) is 4.88 Å². The Kier molecular flexibility index (Phi) is 3.63. The highest BCUT2D eigenvalue weighted by Gasteiger charge is 2.08. The summed E-state index contributed by atoms with van der Waals surface area (Å²) in [5, 5.41) is 15.1. The molecule has 0 fully saturated rings. The predicted molar refractivity (Wildman–Crippen MR) is 64.5 cm³/mol. The number of hydrogen-bond acceptors (Lipinski definition) is 5. The fourth-order valence-corrected chi connectivity index (χ4v) is 1.78. The predicted octanol–water partition coefficient (Wildman–Crippen LogP) is 1.17. The lowest BCUT2D eigenvalue weighted by Crippen LogP contribution is -2.21. The summed E-state index contributed by atoms with van der Waals surface area (Å²) in [6, 6.07) is 6.41. The Balaban J connectivity index is 2.00. The second-order valence-electron chi connectivity index (χ2n) is 3.47. The lowest BCUT2D eigenvalue weighted by Gasteiger charge is -2.04. The molecule has 0 saturated heterocycles. The normalized spacial score (nSPS) is 10.0. The van der Waals surface area contributed by atoms with E-state index in [1.165, 1.54) is 18.3 Å². The molecular weight excluding hydrogens is 254 g/mol. The molecule has 0 atom stereocenters. The van der Waals surface area contributed by atoms with Gasteiger partial charge in [-0.25, -0.2) is 4.79 Å². The fourth-order valence-electron chi connectivity index (χ4n) is 1.35. The topological polar surface area (TPSA) is 92.2 Å². The SMILES string of the molecule is O=C(O)c1cccc(CNC(=O)c2cnns2)c1. The maximum absolute atomic E-state index is 11.6. The number of hydrogen-bond donors (Lipinski definition) is 2. The van der Waals surface area contributed by atoms with Crippen molar-refractivity contribution in [2.45, 2.75) is 6.54 Å². The van der Waals surface area contributed by atoms with Crippen molar-refractivity contribution in [3.8, 4) is 0 Å². The number of amides is 1. The zero-order valence-electron chi connectivity index (χ0n) is 9.16. The van der Waals surface area contributed by atoms with Gasteiger partial charge in [0.05, 0.1) is 11.8 Å². The molecule has 2 aromatic rings. The molecule has 0 saturated carbocycles. The van der Waals surface area contributed by atoms with E-state index in [4.69, 9.17) is 5.11 Å². The second-order valence-corrected chi connectivity index (χ2v) is 4.26. The van der Waals surface area contributed by atoms with E-state index in [0.29, 0.717) is 4.88 Å². The minimum absolute atomic E-state index is 0.196. The van der Waals surface area contributed by atoms with Gasteiger partial charge in [-0.2, -0.15) is 0 Å². The Bertz CT molecular complexity index is 569. The number of rotatable bonds is 4. The summed E-state index contributed by atoms with van der Waals surface area (Å²) in [6.07, 6.45) is 1.38. The third-order valence-electron chi connectivity index (χ3n) is 2.21. The summed E-state index contributed by atoms with van der Waals surface area (Å²) < 4.78 is 3.59. The molecule has 1 amide bonds. The average molecular weight is 263 g/mol. The van der Waals surface area contributed by atoms with Crippen molar-refractivity contribution in [3.63, 3.8) is 0 Å². The Hall–Kier alpha value is -2.28. The zero-order valence-corrected chi connectivity index (χ0v) is 9.98. The fraction of sp³-hybridized carbons (Fsp3) is 0.0909. The van der Waals surface area contributed by atoms with Crippen LogP contribution in [0.3, 0.4) is 0 Å². The van der Waals surface area contributed by atoms with E-state index in [9.17, 15) is 9.59 Å². The number of nitrogens with zero attached hydrogens (tertiary/aromatic N) is 2. The number of benzene rings is 1. The Labute approximate surface area is 106 Å². The third kappa shape index (κ3) is 2.89. The first-order valence-corrected chi connectivity index (χ1v) is 5.82. The first-order chi connectivity index (χ1) is 8.66. The zero-order chi connectivity index (χ0) is 13.0. The molecule has 0 bridgehead atoms. The van der Waals surface area contributed by atoms with Crippen molar-refractivity contribution in [3.05, 3.63) is 46.5 Å². The molecule has 2 rings (SSSR count). The van der Waals surface area contributed by atoms with E-state index in [1.807, 2.05) is 0 Å². The molecular formula is C11H9N3O3S. The minimum Gasteiger partial charge on any atom is -0.478 e. The van der Waals surface area contributed by atoms with Crippen LogP contribution in [0, 0.1) is 0 Å². The second kappa shape index (κ2) is 5.37. The van der Waals surface area contributed by atoms with Crippen LogP contribution in [0.1, 0.15) is 25.6 Å². The van der Waals surface area contributed by atoms with Gasteiger partial charge < -0.3 is 10.4 Å². The van der Waals surface area contributed by atoms with Crippen LogP contribution in [0.5, 0.6) is 0 Å². The first kappa shape index (κ1) is 12.2. The highest BCUT2D eigenvalue weighted by Crippen LogP contribution is 2.06. The summed E-state index contributed by atoms with van der Waals surface area (Å²) in [6.45, 7) is 0.262. The number of aromatic carboxylic acids is 1. The Morgan fingerprint density at radius 3 is 2.89 bits per heavy atom. The Morgan fingerprint density at radius 1 is 1.39 bits per heavy atom. The summed E-state index contributed by atoms with van der Waals surface area (Å²) in [5.41, 5.74) is 0.918. The maximum Gasteiger partial charge on any atom is 0.335 e. The van der Waals surface area contributed by atoms with Crippen molar-refractivity contribution in [1.29, 1.82) is 0 Å². The summed E-state index contributed by atoms with van der Waals surface area (Å²) >= 11 is 1.01. The lowest BCUT2D eigenvalue weighted by molar-refractivity contribution is 0.0696. The van der Waals surface area contributed by atoms with Crippen LogP contribution in [0.25, 0.3) is 0 Å². The number of carboxylic acids is 1. The molecule has 0 radical (unpaired) electrons. The van der Waals surface area contributed by atoms with Crippen LogP contribution in [-0.2, 0) is 6.54 Å². The van der Waals surface area contributed by atoms with Gasteiger partial charge in [0.15, 0.2) is 0 Å². The molecule has 1 heterocycles. The van der Waals surface area contributed by atoms with E-state index in [-0.39, 0.29) is 18.0 Å². The molecule has 0 unspecified atom stereocenters. The number of carbonyl (C=O) groups is 2. The van der Waals surface area contributed by atoms with Crippen LogP contribution in [0.2, 0.25) is 0 Å². The van der Waals surface area contributed by atoms with Gasteiger partial charge in [-0.15, -0.1) is 5.10 Å². The van der Waals surface area contributed by atoms with Gasteiger partial charge in [-0.1, -0.05) is 16.6 Å². The van der Waals surface area contributed by atoms with Crippen molar-refractivity contribution < 1.29 is 14.7 Å². The number of carboxylic acid groups (broad SMARTS) is 1. The summed E-state index contributed by atoms with van der Waals surface area (Å²) in [5.74, 6) is -1.26. The molecule has 0 spiro atoms. The van der Waals surface area contributed by atoms with Gasteiger partial charge in [-0.3, -0.25) is 4.79 Å². The third-order valence-corrected chi connectivity index (χ3v) is 2.88. The molecule has 92 valence electrons. The van der Waals surface area contributed by atoms with Gasteiger partial charge in [0.2, 0.25) is 0 Å². The molecule has 1 aromatic heterocycles. The van der Waals surface area contributed by atoms with E-state index >= 15 is 0 Å². The van der Waals surface area contributed by atoms with Gasteiger partial charge in [-0.05, 0) is 29.2 Å². The summed E-state index contributed by atoms with van der Waals surface area (Å²) in [7, 11) is 0. The van der Waals surface area contributed by atoms with Crippen LogP contribution in [0.4, 0.5) is 0 Å². The highest BCUT2D eigenvalue weighted by molar-refractivity contribution is 7.07. The van der Waals surface area contributed by atoms with Crippen molar-refractivity contribution >= 4 is 23.4 Å². The van der Waals surface area contributed by atoms with Crippen LogP contribution in [0.15, 0.2) is 30.5 Å². The van der Waals surface area contributed by atoms with E-state index in [2.05, 4.69) is 14.9 Å². The molecule has 6 nitrogen and oxygen atoms in total. The molecule has 1 aromatic carbocycles. The smallest absolute Gasteiger partial charge is 0.335 e. The largest absolute Gasteiger partial charge is 0.478 e. The maximum atomic E-state index is 11.6. The molecule has 7 heteroatoms. The summed E-state index contributed by atoms with van der Waals surface area (Å²) in [4.78, 5) is 22.8. The molecule has 2 N–H and O–H groups in total. The quantitative estimate of drug-likeness (QED) is 0.863. The van der Waals surface area contributed by atoms with Gasteiger partial charge in [0.25, 0.3) is 5.91 Å². The Morgan fingerprint density at radius 2 is 2.22 bits per heavy atom. The van der Waals surface area contributed by atoms with E-state index < -0.39 is 5.97 Å². The number of carbonyl (C=O) groups excluding carboxylic acids is 1. The lowest BCUT2D eigenvalue weighted by atomic mass is 10.1. The number of aromatic nitrogens is 2. The van der Waals surface area contributed by atoms with Gasteiger partial charge in [0, 0.05) is 6.54 Å². The minimum atomic E-state index is -0.991. The van der Waals surface area contributed by atoms with Crippen molar-refractivity contribution in [1.82, 2.24) is 14.9 Å². The number of nitrogens with one attached hydrogen (secondary N) is 1. The van der Waals surface area contributed by atoms with E-state index in [0.717, 1.165) is 17.1 Å². The standard InChI is InChI=1S/C11H9N3O3S/c15-10(9-6-13-14-18-9)12-5-7-2-1-3-8(4-7)11(16)17/h1-4,6H,5H2,(H,12,15)(H,16,17). The van der Waals surface area contributed by atoms with Crippen molar-refractivity contribution in [2.75, 3.05) is 0 Å². The van der Waals surface area contributed by atoms with E-state index in [1.54, 1.807) is 12.1 Å². The van der Waals surface area contributed by atoms with Crippen LogP contribution in [-0.4, -0.2) is 26.6 Å². The molecule has 0 aliphatic carbocycles. The molecule has 18 heavy (non-hydrogen) atoms.